The Balaban J connectivity index is 1.98. The predicted octanol–water partition coefficient (Wildman–Crippen LogP) is 3.38. The Hall–Kier alpha value is -2.69. The fourth-order valence-electron chi connectivity index (χ4n) is 3.50. The minimum absolute atomic E-state index is 0.243. The highest BCUT2D eigenvalue weighted by Crippen LogP contribution is 2.43. The van der Waals surface area contributed by atoms with Crippen molar-refractivity contribution in [3.8, 4) is 0 Å². The van der Waals surface area contributed by atoms with Crippen molar-refractivity contribution >= 4 is 17.5 Å². The number of primary amides is 1. The van der Waals surface area contributed by atoms with Gasteiger partial charge >= 0.3 is 0 Å². The van der Waals surface area contributed by atoms with E-state index in [1.807, 2.05) is 0 Å². The van der Waals surface area contributed by atoms with Crippen LogP contribution in [0.25, 0.3) is 0 Å². The van der Waals surface area contributed by atoms with Gasteiger partial charge in [-0.1, -0.05) is 43.2 Å². The lowest BCUT2D eigenvalue weighted by Gasteiger charge is -2.29. The van der Waals surface area contributed by atoms with E-state index in [-0.39, 0.29) is 17.3 Å². The van der Waals surface area contributed by atoms with Gasteiger partial charge in [0.1, 0.15) is 5.82 Å². The Morgan fingerprint density at radius 1 is 1.00 bits per heavy atom. The maximum atomic E-state index is 14.3. The molecule has 0 atom stereocenters. The zero-order valence-electron chi connectivity index (χ0n) is 13.2. The fraction of sp³-hybridized carbons (Fsp3) is 0.263. The van der Waals surface area contributed by atoms with Gasteiger partial charge in [0.2, 0.25) is 5.91 Å². The standard InChI is InChI=1S/C19H19FN2O2/c20-15-9-3-2-8-14(15)19(11-5-6-12-19)18(24)22-16-10-4-1-7-13(16)17(21)23/h1-4,7-10H,5-6,11-12H2,(H2,21,23)(H,22,24). The summed E-state index contributed by atoms with van der Waals surface area (Å²) in [6.45, 7) is 0. The number of anilines is 1. The van der Waals surface area contributed by atoms with Crippen molar-refractivity contribution < 1.29 is 14.0 Å². The van der Waals surface area contributed by atoms with Gasteiger partial charge in [-0.2, -0.15) is 0 Å². The number of benzene rings is 2. The molecule has 0 unspecified atom stereocenters. The Bertz CT molecular complexity index is 782. The number of para-hydroxylation sites is 1. The maximum Gasteiger partial charge on any atom is 0.250 e. The van der Waals surface area contributed by atoms with Gasteiger partial charge in [-0.15, -0.1) is 0 Å². The van der Waals surface area contributed by atoms with Gasteiger partial charge in [0.05, 0.1) is 16.7 Å². The number of carbonyl (C=O) groups is 2. The first-order chi connectivity index (χ1) is 11.5. The fourth-order valence-corrected chi connectivity index (χ4v) is 3.50. The van der Waals surface area contributed by atoms with Crippen molar-refractivity contribution in [3.05, 3.63) is 65.5 Å². The number of nitrogens with two attached hydrogens (primary N) is 1. The van der Waals surface area contributed by atoms with E-state index in [4.69, 9.17) is 5.73 Å². The number of nitrogens with one attached hydrogen (secondary N) is 1. The van der Waals surface area contributed by atoms with Crippen LogP contribution in [0.4, 0.5) is 10.1 Å². The molecule has 124 valence electrons. The summed E-state index contributed by atoms with van der Waals surface area (Å²) in [7, 11) is 0. The zero-order valence-corrected chi connectivity index (χ0v) is 13.2. The van der Waals surface area contributed by atoms with Gasteiger partial charge in [0.25, 0.3) is 5.91 Å². The van der Waals surface area contributed by atoms with Gasteiger partial charge in [0, 0.05) is 5.56 Å². The van der Waals surface area contributed by atoms with Crippen LogP contribution in [0, 0.1) is 5.82 Å². The first-order valence-corrected chi connectivity index (χ1v) is 8.00. The summed E-state index contributed by atoms with van der Waals surface area (Å²) in [6.07, 6.45) is 2.88. The minimum Gasteiger partial charge on any atom is -0.366 e. The summed E-state index contributed by atoms with van der Waals surface area (Å²) in [6, 6.07) is 13.0. The molecule has 0 radical (unpaired) electrons. The van der Waals surface area contributed by atoms with E-state index in [0.29, 0.717) is 24.1 Å². The van der Waals surface area contributed by atoms with Crippen molar-refractivity contribution in [1.82, 2.24) is 0 Å². The van der Waals surface area contributed by atoms with E-state index < -0.39 is 11.3 Å². The second-order valence-corrected chi connectivity index (χ2v) is 6.13. The van der Waals surface area contributed by atoms with Crippen molar-refractivity contribution in [2.45, 2.75) is 31.1 Å². The van der Waals surface area contributed by atoms with Crippen LogP contribution >= 0.6 is 0 Å². The van der Waals surface area contributed by atoms with E-state index in [0.717, 1.165) is 12.8 Å². The molecule has 1 aliphatic carbocycles. The number of carbonyl (C=O) groups excluding carboxylic acids is 2. The molecule has 4 nitrogen and oxygen atoms in total. The topological polar surface area (TPSA) is 72.2 Å². The van der Waals surface area contributed by atoms with Crippen molar-refractivity contribution in [2.24, 2.45) is 5.73 Å². The van der Waals surface area contributed by atoms with Gasteiger partial charge in [-0.05, 0) is 31.0 Å². The molecule has 3 rings (SSSR count). The molecule has 2 amide bonds. The van der Waals surface area contributed by atoms with Crippen molar-refractivity contribution in [3.63, 3.8) is 0 Å². The molecular weight excluding hydrogens is 307 g/mol. The second-order valence-electron chi connectivity index (χ2n) is 6.13. The third-order valence-corrected chi connectivity index (χ3v) is 4.72. The van der Waals surface area contributed by atoms with Crippen molar-refractivity contribution in [2.75, 3.05) is 5.32 Å². The molecule has 0 aliphatic heterocycles. The molecule has 0 aromatic heterocycles. The number of rotatable bonds is 4. The monoisotopic (exact) mass is 326 g/mol. The SMILES string of the molecule is NC(=O)c1ccccc1NC(=O)C1(c2ccccc2F)CCCC1. The lowest BCUT2D eigenvalue weighted by atomic mass is 9.77. The highest BCUT2D eigenvalue weighted by molar-refractivity contribution is 6.06. The normalized spacial score (nSPS) is 15.9. The molecule has 1 saturated carbocycles. The summed E-state index contributed by atoms with van der Waals surface area (Å²) >= 11 is 0. The average molecular weight is 326 g/mol. The first kappa shape index (κ1) is 16.2. The summed E-state index contributed by atoms with van der Waals surface area (Å²) in [5.74, 6) is -1.28. The highest BCUT2D eigenvalue weighted by atomic mass is 19.1. The minimum atomic E-state index is -0.907. The Labute approximate surface area is 139 Å². The number of amides is 2. The summed E-state index contributed by atoms with van der Waals surface area (Å²) in [5, 5.41) is 2.79. The molecular formula is C19H19FN2O2. The Kier molecular flexibility index (Phi) is 4.34. The molecule has 24 heavy (non-hydrogen) atoms. The first-order valence-electron chi connectivity index (χ1n) is 8.00. The van der Waals surface area contributed by atoms with Crippen LogP contribution in [-0.2, 0) is 10.2 Å². The predicted molar refractivity (Wildman–Crippen MR) is 90.1 cm³/mol. The van der Waals surface area contributed by atoms with E-state index in [9.17, 15) is 14.0 Å². The third-order valence-electron chi connectivity index (χ3n) is 4.72. The van der Waals surface area contributed by atoms with Crippen LogP contribution in [0.5, 0.6) is 0 Å². The summed E-state index contributed by atoms with van der Waals surface area (Å²) in [5.41, 5.74) is 5.47. The molecule has 0 saturated heterocycles. The Morgan fingerprint density at radius 2 is 1.62 bits per heavy atom. The highest BCUT2D eigenvalue weighted by Gasteiger charge is 2.44. The largest absolute Gasteiger partial charge is 0.366 e. The van der Waals surface area contributed by atoms with Crippen LogP contribution in [0.3, 0.4) is 0 Å². The molecule has 1 fully saturated rings. The molecule has 1 aliphatic rings. The lowest BCUT2D eigenvalue weighted by Crippen LogP contribution is -2.39. The smallest absolute Gasteiger partial charge is 0.250 e. The van der Waals surface area contributed by atoms with Crippen LogP contribution < -0.4 is 11.1 Å². The van der Waals surface area contributed by atoms with Gasteiger partial charge in [0.15, 0.2) is 0 Å². The molecule has 3 N–H and O–H groups in total. The van der Waals surface area contributed by atoms with E-state index >= 15 is 0 Å². The van der Waals surface area contributed by atoms with Crippen LogP contribution in [0.15, 0.2) is 48.5 Å². The van der Waals surface area contributed by atoms with Gasteiger partial charge in [-0.3, -0.25) is 9.59 Å². The molecule has 5 heteroatoms. The quantitative estimate of drug-likeness (QED) is 0.904. The molecule has 2 aromatic carbocycles. The molecule has 0 bridgehead atoms. The van der Waals surface area contributed by atoms with E-state index in [1.165, 1.54) is 6.07 Å². The molecule has 0 spiro atoms. The molecule has 2 aromatic rings. The summed E-state index contributed by atoms with van der Waals surface area (Å²) < 4.78 is 14.3. The Morgan fingerprint density at radius 3 is 2.29 bits per heavy atom. The van der Waals surface area contributed by atoms with Crippen LogP contribution in [0.1, 0.15) is 41.6 Å². The van der Waals surface area contributed by atoms with Crippen molar-refractivity contribution in [1.29, 1.82) is 0 Å². The van der Waals surface area contributed by atoms with E-state index in [2.05, 4.69) is 5.32 Å². The molecule has 0 heterocycles. The zero-order chi connectivity index (χ0) is 17.2. The number of halogens is 1. The van der Waals surface area contributed by atoms with Crippen LogP contribution in [0.2, 0.25) is 0 Å². The third kappa shape index (κ3) is 2.77. The maximum absolute atomic E-state index is 14.3. The van der Waals surface area contributed by atoms with Crippen LogP contribution in [-0.4, -0.2) is 11.8 Å². The van der Waals surface area contributed by atoms with E-state index in [1.54, 1.807) is 42.5 Å². The number of hydrogen-bond acceptors (Lipinski definition) is 2. The average Bonchev–Trinajstić information content (AvgIpc) is 3.06. The summed E-state index contributed by atoms with van der Waals surface area (Å²) in [4.78, 5) is 24.6. The van der Waals surface area contributed by atoms with Gasteiger partial charge in [-0.25, -0.2) is 4.39 Å². The lowest BCUT2D eigenvalue weighted by molar-refractivity contribution is -0.121. The number of hydrogen-bond donors (Lipinski definition) is 2. The van der Waals surface area contributed by atoms with Gasteiger partial charge < -0.3 is 11.1 Å². The second kappa shape index (κ2) is 6.43.